The summed E-state index contributed by atoms with van der Waals surface area (Å²) < 4.78 is 16.0. The van der Waals surface area contributed by atoms with E-state index in [9.17, 15) is 4.79 Å². The van der Waals surface area contributed by atoms with Crippen LogP contribution >= 0.6 is 0 Å². The minimum atomic E-state index is -0.124. The van der Waals surface area contributed by atoms with E-state index in [1.165, 1.54) is 0 Å². The Bertz CT molecular complexity index is 831. The van der Waals surface area contributed by atoms with Crippen LogP contribution in [0.25, 0.3) is 0 Å². The molecule has 168 valence electrons. The van der Waals surface area contributed by atoms with Gasteiger partial charge in [0.15, 0.2) is 0 Å². The van der Waals surface area contributed by atoms with Gasteiger partial charge in [0, 0.05) is 38.4 Å². The van der Waals surface area contributed by atoms with Crippen molar-refractivity contribution in [2.75, 3.05) is 41.0 Å². The predicted octanol–water partition coefficient (Wildman–Crippen LogP) is 3.20. The summed E-state index contributed by atoms with van der Waals surface area (Å²) in [5.74, 6) is 1.94. The van der Waals surface area contributed by atoms with E-state index >= 15 is 0 Å². The maximum atomic E-state index is 12.5. The van der Waals surface area contributed by atoms with Crippen molar-refractivity contribution >= 4 is 5.91 Å². The Morgan fingerprint density at radius 2 is 2.10 bits per heavy atom. The molecule has 3 rings (SSSR count). The molecule has 2 aromatic rings. The van der Waals surface area contributed by atoms with Crippen LogP contribution in [0, 0.1) is 5.92 Å². The SMILES string of the molecule is COCCC(=O)N[C@H](c1ccccn1)[C@H]1CCCN(Cc2cc(OC)ccc2OC)C1. The number of carbonyl (C=O) groups excluding carboxylic acids is 1. The molecule has 0 unspecified atom stereocenters. The monoisotopic (exact) mass is 427 g/mol. The number of benzene rings is 1. The topological polar surface area (TPSA) is 72.9 Å². The molecular weight excluding hydrogens is 394 g/mol. The van der Waals surface area contributed by atoms with Gasteiger partial charge in [-0.3, -0.25) is 14.7 Å². The molecule has 1 aromatic carbocycles. The molecule has 1 aromatic heterocycles. The molecule has 1 fully saturated rings. The lowest BCUT2D eigenvalue weighted by molar-refractivity contribution is -0.123. The summed E-state index contributed by atoms with van der Waals surface area (Å²) in [5, 5.41) is 3.21. The fourth-order valence-corrected chi connectivity index (χ4v) is 4.19. The second-order valence-electron chi connectivity index (χ2n) is 7.86. The zero-order valence-electron chi connectivity index (χ0n) is 18.7. The van der Waals surface area contributed by atoms with E-state index in [1.807, 2.05) is 36.4 Å². The number of rotatable bonds is 10. The van der Waals surface area contributed by atoms with Gasteiger partial charge >= 0.3 is 0 Å². The van der Waals surface area contributed by atoms with Crippen molar-refractivity contribution in [2.45, 2.75) is 31.8 Å². The first kappa shape index (κ1) is 23.0. The van der Waals surface area contributed by atoms with E-state index in [1.54, 1.807) is 27.5 Å². The van der Waals surface area contributed by atoms with Crippen molar-refractivity contribution in [1.29, 1.82) is 0 Å². The Hall–Kier alpha value is -2.64. The standard InChI is InChI=1S/C24H33N3O4/c1-29-14-11-23(28)26-24(21-8-4-5-12-25-21)18-7-6-13-27(16-18)17-19-15-20(30-2)9-10-22(19)31-3/h4-5,8-10,12,15,18,24H,6-7,11,13-14,16-17H2,1-3H3,(H,26,28)/t18-,24-/m0/s1. The molecule has 0 aliphatic carbocycles. The molecule has 1 N–H and O–H groups in total. The van der Waals surface area contributed by atoms with Crippen molar-refractivity contribution in [3.05, 3.63) is 53.9 Å². The van der Waals surface area contributed by atoms with Crippen LogP contribution in [0.1, 0.15) is 36.6 Å². The lowest BCUT2D eigenvalue weighted by Crippen LogP contribution is -2.43. The summed E-state index contributed by atoms with van der Waals surface area (Å²) in [6.07, 6.45) is 4.23. The van der Waals surface area contributed by atoms with E-state index in [4.69, 9.17) is 14.2 Å². The molecule has 2 atom stereocenters. The van der Waals surface area contributed by atoms with Crippen molar-refractivity contribution in [2.24, 2.45) is 5.92 Å². The largest absolute Gasteiger partial charge is 0.497 e. The molecule has 0 spiro atoms. The van der Waals surface area contributed by atoms with Gasteiger partial charge in [-0.25, -0.2) is 0 Å². The second-order valence-corrected chi connectivity index (χ2v) is 7.86. The first-order chi connectivity index (χ1) is 15.1. The van der Waals surface area contributed by atoms with Crippen LogP contribution in [-0.4, -0.2) is 56.8 Å². The number of pyridine rings is 1. The third kappa shape index (κ3) is 6.42. The van der Waals surface area contributed by atoms with Gasteiger partial charge in [0.25, 0.3) is 0 Å². The quantitative estimate of drug-likeness (QED) is 0.628. The molecule has 1 aliphatic heterocycles. The van der Waals surface area contributed by atoms with Gasteiger partial charge in [-0.05, 0) is 55.6 Å². The van der Waals surface area contributed by atoms with Gasteiger partial charge < -0.3 is 19.5 Å². The number of piperidine rings is 1. The summed E-state index contributed by atoms with van der Waals surface area (Å²) in [4.78, 5) is 19.5. The Kier molecular flexibility index (Phi) is 8.67. The van der Waals surface area contributed by atoms with Crippen LogP contribution in [0.3, 0.4) is 0 Å². The zero-order valence-corrected chi connectivity index (χ0v) is 18.7. The lowest BCUT2D eigenvalue weighted by atomic mass is 9.88. The van der Waals surface area contributed by atoms with E-state index in [-0.39, 0.29) is 17.9 Å². The van der Waals surface area contributed by atoms with Crippen LogP contribution in [0.4, 0.5) is 0 Å². The molecule has 0 radical (unpaired) electrons. The molecule has 1 aliphatic rings. The van der Waals surface area contributed by atoms with Gasteiger partial charge in [0.2, 0.25) is 5.91 Å². The van der Waals surface area contributed by atoms with Crippen LogP contribution in [0.15, 0.2) is 42.6 Å². The highest BCUT2D eigenvalue weighted by Crippen LogP contribution is 2.32. The smallest absolute Gasteiger partial charge is 0.222 e. The molecular formula is C24H33N3O4. The molecule has 7 nitrogen and oxygen atoms in total. The van der Waals surface area contributed by atoms with E-state index in [0.29, 0.717) is 13.0 Å². The van der Waals surface area contributed by atoms with E-state index in [0.717, 1.165) is 55.2 Å². The number of carbonyl (C=O) groups is 1. The minimum Gasteiger partial charge on any atom is -0.497 e. The van der Waals surface area contributed by atoms with Crippen LogP contribution in [0.5, 0.6) is 11.5 Å². The molecule has 1 saturated heterocycles. The Morgan fingerprint density at radius 3 is 2.81 bits per heavy atom. The Labute approximate surface area is 184 Å². The third-order valence-corrected chi connectivity index (χ3v) is 5.75. The molecule has 1 amide bonds. The zero-order chi connectivity index (χ0) is 22.1. The van der Waals surface area contributed by atoms with Crippen molar-refractivity contribution in [1.82, 2.24) is 15.2 Å². The highest BCUT2D eigenvalue weighted by molar-refractivity contribution is 5.76. The Balaban J connectivity index is 1.75. The second kappa shape index (κ2) is 11.7. The molecule has 0 bridgehead atoms. The van der Waals surface area contributed by atoms with Crippen LogP contribution < -0.4 is 14.8 Å². The van der Waals surface area contributed by atoms with Crippen LogP contribution in [0.2, 0.25) is 0 Å². The van der Waals surface area contributed by atoms with E-state index < -0.39 is 0 Å². The predicted molar refractivity (Wildman–Crippen MR) is 119 cm³/mol. The van der Waals surface area contributed by atoms with Gasteiger partial charge in [-0.15, -0.1) is 0 Å². The average Bonchev–Trinajstić information content (AvgIpc) is 2.81. The van der Waals surface area contributed by atoms with E-state index in [2.05, 4.69) is 15.2 Å². The number of hydrogen-bond donors (Lipinski definition) is 1. The van der Waals surface area contributed by atoms with Gasteiger partial charge in [0.05, 0.1) is 32.6 Å². The molecule has 0 saturated carbocycles. The first-order valence-electron chi connectivity index (χ1n) is 10.8. The minimum absolute atomic E-state index is 0.0101. The first-order valence-corrected chi connectivity index (χ1v) is 10.8. The number of hydrogen-bond acceptors (Lipinski definition) is 6. The average molecular weight is 428 g/mol. The lowest BCUT2D eigenvalue weighted by Gasteiger charge is -2.37. The van der Waals surface area contributed by atoms with Crippen molar-refractivity contribution in [3.8, 4) is 11.5 Å². The van der Waals surface area contributed by atoms with Crippen molar-refractivity contribution < 1.29 is 19.0 Å². The molecule has 31 heavy (non-hydrogen) atoms. The Morgan fingerprint density at radius 1 is 1.23 bits per heavy atom. The summed E-state index contributed by atoms with van der Waals surface area (Å²) in [6.45, 7) is 3.05. The van der Waals surface area contributed by atoms with Gasteiger partial charge in [-0.1, -0.05) is 6.07 Å². The molecule has 2 heterocycles. The number of methoxy groups -OCH3 is 3. The fourth-order valence-electron chi connectivity index (χ4n) is 4.19. The number of aromatic nitrogens is 1. The van der Waals surface area contributed by atoms with Crippen molar-refractivity contribution in [3.63, 3.8) is 0 Å². The maximum Gasteiger partial charge on any atom is 0.222 e. The molecule has 7 heteroatoms. The number of amides is 1. The normalized spacial score (nSPS) is 17.7. The van der Waals surface area contributed by atoms with Crippen LogP contribution in [-0.2, 0) is 16.1 Å². The maximum absolute atomic E-state index is 12.5. The highest BCUT2D eigenvalue weighted by atomic mass is 16.5. The number of likely N-dealkylation sites (tertiary alicyclic amines) is 1. The number of ether oxygens (including phenoxy) is 3. The number of nitrogens with zero attached hydrogens (tertiary/aromatic N) is 2. The third-order valence-electron chi connectivity index (χ3n) is 5.75. The summed E-state index contributed by atoms with van der Waals surface area (Å²) in [5.41, 5.74) is 2.00. The van der Waals surface area contributed by atoms with Gasteiger partial charge in [-0.2, -0.15) is 0 Å². The summed E-state index contributed by atoms with van der Waals surface area (Å²) in [7, 11) is 4.97. The summed E-state index contributed by atoms with van der Waals surface area (Å²) in [6, 6.07) is 11.6. The highest BCUT2D eigenvalue weighted by Gasteiger charge is 2.30. The van der Waals surface area contributed by atoms with Gasteiger partial charge in [0.1, 0.15) is 11.5 Å². The fraction of sp³-hybridized carbons (Fsp3) is 0.500. The summed E-state index contributed by atoms with van der Waals surface area (Å²) >= 11 is 0. The number of nitrogens with one attached hydrogen (secondary N) is 1.